The Bertz CT molecular complexity index is 2800. The van der Waals surface area contributed by atoms with E-state index in [9.17, 15) is 0 Å². The molecule has 0 aliphatic carbocycles. The van der Waals surface area contributed by atoms with Gasteiger partial charge in [-0.25, -0.2) is 4.98 Å². The molecule has 0 radical (unpaired) electrons. The third-order valence-corrected chi connectivity index (χ3v) is 9.85. The molecule has 0 atom stereocenters. The zero-order chi connectivity index (χ0) is 34.3. The molecule has 0 aliphatic rings. The zero-order valence-electron chi connectivity index (χ0n) is 29.4. The normalized spacial score (nSPS) is 12.0. The minimum atomic E-state index is -0.00942. The van der Waals surface area contributed by atoms with Gasteiger partial charge in [-0.2, -0.15) is 6.07 Å². The van der Waals surface area contributed by atoms with E-state index in [1.54, 1.807) is 0 Å². The minimum absolute atomic E-state index is 0. The van der Waals surface area contributed by atoms with Crippen molar-refractivity contribution in [2.45, 2.75) is 47.0 Å². The third-order valence-electron chi connectivity index (χ3n) is 9.85. The number of hydrogen-bond acceptors (Lipinski definition) is 3. The summed E-state index contributed by atoms with van der Waals surface area (Å²) in [5.74, 6) is 2.07. The van der Waals surface area contributed by atoms with Crippen LogP contribution in [0, 0.1) is 32.9 Å². The monoisotopic (exact) mass is 843 g/mol. The quantitative estimate of drug-likeness (QED) is 0.131. The van der Waals surface area contributed by atoms with Crippen molar-refractivity contribution in [3.05, 3.63) is 144 Å². The SMILES string of the molecule is Cc1cc(C)c(-c2cn3c4ccccc4c4ccc(Oc5[c-]c6c(cc5)c5ccccc5n6-c5cc(C(C)(C)C)ccn5)[c-]c4c3n2)c(C)c1.[Pt+2]. The fourth-order valence-corrected chi connectivity index (χ4v) is 7.59. The summed E-state index contributed by atoms with van der Waals surface area (Å²) in [5, 5.41) is 5.38. The molecule has 4 aromatic heterocycles. The van der Waals surface area contributed by atoms with Crippen LogP contribution in [0.2, 0.25) is 0 Å². The summed E-state index contributed by atoms with van der Waals surface area (Å²) >= 11 is 0. The molecule has 5 nitrogen and oxygen atoms in total. The largest absolute Gasteiger partial charge is 2.00 e. The molecule has 0 saturated heterocycles. The molecule has 0 amide bonds. The summed E-state index contributed by atoms with van der Waals surface area (Å²) in [6.07, 6.45) is 4.06. The van der Waals surface area contributed by atoms with Crippen molar-refractivity contribution >= 4 is 49.1 Å². The Morgan fingerprint density at radius 1 is 0.686 bits per heavy atom. The predicted octanol–water partition coefficient (Wildman–Crippen LogP) is 11.4. The maximum absolute atomic E-state index is 6.58. The summed E-state index contributed by atoms with van der Waals surface area (Å²) in [6.45, 7) is 13.1. The van der Waals surface area contributed by atoms with Gasteiger partial charge in [-0.3, -0.25) is 4.98 Å². The van der Waals surface area contributed by atoms with Crippen LogP contribution in [0.5, 0.6) is 11.5 Å². The third kappa shape index (κ3) is 5.43. The second-order valence-electron chi connectivity index (χ2n) is 14.4. The van der Waals surface area contributed by atoms with Crippen LogP contribution in [0.15, 0.2) is 109 Å². The van der Waals surface area contributed by atoms with Gasteiger partial charge in [0.2, 0.25) is 0 Å². The molecule has 0 N–H and O–H groups in total. The molecular formula is C45H36N4OPt. The van der Waals surface area contributed by atoms with Gasteiger partial charge >= 0.3 is 21.1 Å². The molecule has 0 bridgehead atoms. The van der Waals surface area contributed by atoms with E-state index >= 15 is 0 Å². The molecule has 0 spiro atoms. The molecule has 0 saturated carbocycles. The van der Waals surface area contributed by atoms with Gasteiger partial charge in [0.05, 0.1) is 11.3 Å². The molecule has 5 aromatic carbocycles. The van der Waals surface area contributed by atoms with Crippen molar-refractivity contribution in [2.24, 2.45) is 0 Å². The van der Waals surface area contributed by atoms with Gasteiger partial charge in [0.25, 0.3) is 0 Å². The maximum atomic E-state index is 6.58. The topological polar surface area (TPSA) is 44.4 Å². The zero-order valence-corrected chi connectivity index (χ0v) is 31.7. The molecular weight excluding hydrogens is 808 g/mol. The average molecular weight is 844 g/mol. The van der Waals surface area contributed by atoms with Gasteiger partial charge in [0.15, 0.2) is 0 Å². The van der Waals surface area contributed by atoms with Crippen molar-refractivity contribution in [2.75, 3.05) is 0 Å². The number of pyridine rings is 2. The van der Waals surface area contributed by atoms with Crippen molar-refractivity contribution in [3.8, 4) is 28.6 Å². The molecule has 0 aliphatic heterocycles. The van der Waals surface area contributed by atoms with Crippen molar-refractivity contribution in [1.29, 1.82) is 0 Å². The summed E-state index contributed by atoms with van der Waals surface area (Å²) in [4.78, 5) is 10.1. The standard InChI is InChI=1S/C45H36N4O.Pt/c1-27-21-28(2)43(29(3)22-27)38-26-48-39-13-9-7-11-34(39)33-17-15-31(24-37(33)44(48)47-38)50-32-16-18-36-35-12-8-10-14-40(35)49(41(36)25-32)42-23-30(19-20-46-42)45(4,5)6;/h7-23,26H,1-6H3;/q-2;+2. The molecule has 0 unspecified atom stereocenters. The first-order valence-electron chi connectivity index (χ1n) is 17.1. The van der Waals surface area contributed by atoms with E-state index in [4.69, 9.17) is 14.7 Å². The van der Waals surface area contributed by atoms with Gasteiger partial charge in [0.1, 0.15) is 5.82 Å². The Hall–Kier alpha value is -5.25. The van der Waals surface area contributed by atoms with Crippen LogP contribution in [0.3, 0.4) is 0 Å². The van der Waals surface area contributed by atoms with E-state index in [1.165, 1.54) is 27.8 Å². The van der Waals surface area contributed by atoms with Gasteiger partial charge in [-0.1, -0.05) is 97.2 Å². The van der Waals surface area contributed by atoms with E-state index in [0.717, 1.165) is 60.6 Å². The van der Waals surface area contributed by atoms with E-state index < -0.39 is 0 Å². The van der Waals surface area contributed by atoms with Gasteiger partial charge in [-0.05, 0) is 77.9 Å². The van der Waals surface area contributed by atoms with E-state index in [0.29, 0.717) is 11.5 Å². The van der Waals surface area contributed by atoms with Crippen molar-refractivity contribution in [1.82, 2.24) is 18.9 Å². The maximum Gasteiger partial charge on any atom is 2.00 e. The Balaban J connectivity index is 0.00000374. The number of benzene rings is 5. The Morgan fingerprint density at radius 2 is 1.33 bits per heavy atom. The number of nitrogens with zero attached hydrogens (tertiary/aromatic N) is 4. The van der Waals surface area contributed by atoms with Crippen molar-refractivity contribution in [3.63, 3.8) is 0 Å². The van der Waals surface area contributed by atoms with Crippen LogP contribution >= 0.6 is 0 Å². The number of ether oxygens (including phenoxy) is 1. The first kappa shape index (κ1) is 32.9. The second kappa shape index (κ2) is 12.2. The Morgan fingerprint density at radius 3 is 2.06 bits per heavy atom. The molecule has 4 heterocycles. The summed E-state index contributed by atoms with van der Waals surface area (Å²) in [6, 6.07) is 41.1. The predicted molar refractivity (Wildman–Crippen MR) is 205 cm³/mol. The molecule has 9 rings (SSSR count). The summed E-state index contributed by atoms with van der Waals surface area (Å²) in [7, 11) is 0. The second-order valence-corrected chi connectivity index (χ2v) is 14.4. The number of aromatic nitrogens is 4. The van der Waals surface area contributed by atoms with Crippen LogP contribution in [0.1, 0.15) is 43.0 Å². The Kier molecular flexibility index (Phi) is 7.88. The minimum Gasteiger partial charge on any atom is -0.503 e. The smallest absolute Gasteiger partial charge is 0.503 e. The first-order valence-corrected chi connectivity index (χ1v) is 17.1. The number of hydrogen-bond donors (Lipinski definition) is 0. The van der Waals surface area contributed by atoms with E-state index in [-0.39, 0.29) is 26.5 Å². The van der Waals surface area contributed by atoms with E-state index in [1.807, 2.05) is 18.3 Å². The van der Waals surface area contributed by atoms with Crippen LogP contribution in [0.4, 0.5) is 0 Å². The van der Waals surface area contributed by atoms with Crippen LogP contribution < -0.4 is 4.74 Å². The average Bonchev–Trinajstić information content (AvgIpc) is 3.67. The first-order chi connectivity index (χ1) is 24.1. The summed E-state index contributed by atoms with van der Waals surface area (Å²) in [5.41, 5.74) is 11.0. The number of imidazole rings is 1. The van der Waals surface area contributed by atoms with Gasteiger partial charge < -0.3 is 13.7 Å². The number of fused-ring (bicyclic) bond motifs is 9. The number of aryl methyl sites for hydroxylation is 3. The van der Waals surface area contributed by atoms with Crippen LogP contribution in [-0.2, 0) is 26.5 Å². The fraction of sp³-hybridized carbons (Fsp3) is 0.156. The molecule has 9 aromatic rings. The van der Waals surface area contributed by atoms with Crippen molar-refractivity contribution < 1.29 is 25.8 Å². The van der Waals surface area contributed by atoms with Gasteiger partial charge in [-0.15, -0.1) is 29.7 Å². The van der Waals surface area contributed by atoms with Crippen LogP contribution in [-0.4, -0.2) is 18.9 Å². The number of rotatable bonds is 4. The van der Waals surface area contributed by atoms with E-state index in [2.05, 4.69) is 154 Å². The number of para-hydroxylation sites is 2. The fourth-order valence-electron chi connectivity index (χ4n) is 7.59. The molecule has 6 heteroatoms. The molecule has 51 heavy (non-hydrogen) atoms. The summed E-state index contributed by atoms with van der Waals surface area (Å²) < 4.78 is 11.0. The van der Waals surface area contributed by atoms with Gasteiger partial charge in [0, 0.05) is 40.5 Å². The van der Waals surface area contributed by atoms with Crippen LogP contribution in [0.25, 0.3) is 66.2 Å². The molecule has 0 fully saturated rings. The Labute approximate surface area is 311 Å². The molecule has 252 valence electrons.